The van der Waals surface area contributed by atoms with Gasteiger partial charge in [-0.3, -0.25) is 9.79 Å². The molecule has 3 rings (SSSR count). The number of hydrogen-bond acceptors (Lipinski definition) is 4. The number of hydrogen-bond donors (Lipinski definition) is 2. The highest BCUT2D eigenvalue weighted by Crippen LogP contribution is 2.19. The zero-order chi connectivity index (χ0) is 19.8. The van der Waals surface area contributed by atoms with E-state index in [-0.39, 0.29) is 35.8 Å². The number of morpholine rings is 1. The summed E-state index contributed by atoms with van der Waals surface area (Å²) in [5.41, 5.74) is 2.29. The molecule has 1 unspecified atom stereocenters. The Kier molecular flexibility index (Phi) is 9.89. The second-order valence-corrected chi connectivity index (χ2v) is 7.74. The van der Waals surface area contributed by atoms with Gasteiger partial charge in [0.1, 0.15) is 0 Å². The van der Waals surface area contributed by atoms with E-state index in [0.29, 0.717) is 38.8 Å². The van der Waals surface area contributed by atoms with Crippen LogP contribution in [0, 0.1) is 6.92 Å². The van der Waals surface area contributed by atoms with E-state index in [1.165, 1.54) is 10.4 Å². The van der Waals surface area contributed by atoms with Crippen molar-refractivity contribution < 1.29 is 9.53 Å². The number of nitrogens with one attached hydrogen (secondary N) is 2. The number of guanidine groups is 1. The van der Waals surface area contributed by atoms with E-state index in [1.54, 1.807) is 18.4 Å². The Morgan fingerprint density at radius 2 is 1.93 bits per heavy atom. The molecule has 2 aromatic rings. The minimum absolute atomic E-state index is 0. The minimum atomic E-state index is -0.263. The Morgan fingerprint density at radius 3 is 2.55 bits per heavy atom. The topological polar surface area (TPSA) is 66.0 Å². The molecule has 0 saturated carbocycles. The van der Waals surface area contributed by atoms with Crippen molar-refractivity contribution in [1.82, 2.24) is 15.5 Å². The van der Waals surface area contributed by atoms with Gasteiger partial charge in [0.2, 0.25) is 5.91 Å². The summed E-state index contributed by atoms with van der Waals surface area (Å²) in [6.45, 7) is 5.81. The predicted molar refractivity (Wildman–Crippen MR) is 129 cm³/mol. The number of rotatable bonds is 6. The van der Waals surface area contributed by atoms with E-state index in [4.69, 9.17) is 4.74 Å². The first kappa shape index (κ1) is 23.6. The molecule has 1 saturated heterocycles. The fraction of sp³-hybridized carbons (Fsp3) is 0.429. The number of nitrogens with zero attached hydrogens (tertiary/aromatic N) is 2. The largest absolute Gasteiger partial charge is 0.378 e. The zero-order valence-electron chi connectivity index (χ0n) is 16.9. The van der Waals surface area contributed by atoms with Gasteiger partial charge in [0.25, 0.3) is 0 Å². The van der Waals surface area contributed by atoms with E-state index in [1.807, 2.05) is 35.2 Å². The van der Waals surface area contributed by atoms with Gasteiger partial charge >= 0.3 is 0 Å². The lowest BCUT2D eigenvalue weighted by Crippen LogP contribution is -2.47. The van der Waals surface area contributed by atoms with Crippen LogP contribution in [0.5, 0.6) is 0 Å². The van der Waals surface area contributed by atoms with Crippen molar-refractivity contribution >= 4 is 47.2 Å². The van der Waals surface area contributed by atoms with Gasteiger partial charge in [-0.2, -0.15) is 0 Å². The van der Waals surface area contributed by atoms with E-state index >= 15 is 0 Å². The Balaban J connectivity index is 0.00000300. The molecule has 0 aliphatic carbocycles. The molecule has 0 radical (unpaired) electrons. The summed E-state index contributed by atoms with van der Waals surface area (Å²) in [7, 11) is 1.75. The SMILES string of the molecule is CN=C(NCc1sccc1C)NCC(C(=O)N1CCOCC1)c1ccccc1.I. The summed E-state index contributed by atoms with van der Waals surface area (Å²) in [5.74, 6) is 0.566. The molecule has 1 aromatic heterocycles. The average Bonchev–Trinajstić information content (AvgIpc) is 3.16. The number of aliphatic imine (C=N–C) groups is 1. The van der Waals surface area contributed by atoms with E-state index in [0.717, 1.165) is 12.1 Å². The highest BCUT2D eigenvalue weighted by Gasteiger charge is 2.27. The van der Waals surface area contributed by atoms with Crippen LogP contribution in [0.25, 0.3) is 0 Å². The van der Waals surface area contributed by atoms with Crippen LogP contribution in [-0.2, 0) is 16.1 Å². The van der Waals surface area contributed by atoms with E-state index in [2.05, 4.69) is 34.0 Å². The number of halogens is 1. The van der Waals surface area contributed by atoms with Crippen molar-refractivity contribution in [3.63, 3.8) is 0 Å². The Hall–Kier alpha value is -1.65. The first-order valence-corrected chi connectivity index (χ1v) is 10.5. The lowest BCUT2D eigenvalue weighted by molar-refractivity contribution is -0.136. The van der Waals surface area contributed by atoms with Gasteiger partial charge in [0.05, 0.1) is 25.7 Å². The van der Waals surface area contributed by atoms with Crippen molar-refractivity contribution in [2.75, 3.05) is 39.9 Å². The van der Waals surface area contributed by atoms with Crippen LogP contribution in [0.4, 0.5) is 0 Å². The van der Waals surface area contributed by atoms with Crippen molar-refractivity contribution in [2.24, 2.45) is 4.99 Å². The lowest BCUT2D eigenvalue weighted by Gasteiger charge is -2.31. The number of carbonyl (C=O) groups excluding carboxylic acids is 1. The first-order chi connectivity index (χ1) is 13.7. The summed E-state index contributed by atoms with van der Waals surface area (Å²) in [5, 5.41) is 8.77. The minimum Gasteiger partial charge on any atom is -0.378 e. The molecular weight excluding hydrogens is 499 g/mol. The summed E-state index contributed by atoms with van der Waals surface area (Å²) >= 11 is 1.73. The van der Waals surface area contributed by atoms with Crippen molar-refractivity contribution in [3.05, 3.63) is 57.8 Å². The molecule has 8 heteroatoms. The van der Waals surface area contributed by atoms with Crippen molar-refractivity contribution in [1.29, 1.82) is 0 Å². The van der Waals surface area contributed by atoms with Crippen LogP contribution in [0.3, 0.4) is 0 Å². The summed E-state index contributed by atoms with van der Waals surface area (Å²) in [4.78, 5) is 20.7. The number of thiophene rings is 1. The lowest BCUT2D eigenvalue weighted by atomic mass is 9.97. The van der Waals surface area contributed by atoms with Gasteiger partial charge in [-0.1, -0.05) is 30.3 Å². The molecular formula is C21H29IN4O2S. The zero-order valence-corrected chi connectivity index (χ0v) is 20.0. The molecule has 2 N–H and O–H groups in total. The third kappa shape index (κ3) is 6.68. The van der Waals surface area contributed by atoms with Gasteiger partial charge in [-0.05, 0) is 29.5 Å². The number of benzene rings is 1. The van der Waals surface area contributed by atoms with Gasteiger partial charge in [0, 0.05) is 31.6 Å². The molecule has 1 atom stereocenters. The van der Waals surface area contributed by atoms with Gasteiger partial charge in [-0.15, -0.1) is 35.3 Å². The van der Waals surface area contributed by atoms with Crippen LogP contribution in [-0.4, -0.2) is 56.7 Å². The predicted octanol–water partition coefficient (Wildman–Crippen LogP) is 2.98. The Labute approximate surface area is 193 Å². The monoisotopic (exact) mass is 528 g/mol. The molecule has 1 amide bonds. The molecule has 1 fully saturated rings. The third-order valence-electron chi connectivity index (χ3n) is 4.90. The van der Waals surface area contributed by atoms with Crippen molar-refractivity contribution in [2.45, 2.75) is 19.4 Å². The fourth-order valence-corrected chi connectivity index (χ4v) is 4.05. The highest BCUT2D eigenvalue weighted by atomic mass is 127. The normalized spacial score (nSPS) is 15.4. The highest BCUT2D eigenvalue weighted by molar-refractivity contribution is 14.0. The van der Waals surface area contributed by atoms with Crippen LogP contribution in [0.1, 0.15) is 21.9 Å². The molecule has 29 heavy (non-hydrogen) atoms. The number of ether oxygens (including phenoxy) is 1. The summed E-state index contributed by atoms with van der Waals surface area (Å²) < 4.78 is 5.39. The maximum atomic E-state index is 13.2. The quantitative estimate of drug-likeness (QED) is 0.344. The smallest absolute Gasteiger partial charge is 0.232 e. The third-order valence-corrected chi connectivity index (χ3v) is 5.93. The molecule has 0 bridgehead atoms. The maximum absolute atomic E-state index is 13.2. The van der Waals surface area contributed by atoms with Gasteiger partial charge in [0.15, 0.2) is 5.96 Å². The maximum Gasteiger partial charge on any atom is 0.232 e. The molecule has 158 valence electrons. The van der Waals surface area contributed by atoms with Crippen molar-refractivity contribution in [3.8, 4) is 0 Å². The van der Waals surface area contributed by atoms with E-state index in [9.17, 15) is 4.79 Å². The van der Waals surface area contributed by atoms with Crippen LogP contribution in [0.2, 0.25) is 0 Å². The molecule has 1 aliphatic heterocycles. The molecule has 1 aliphatic rings. The summed E-state index contributed by atoms with van der Waals surface area (Å²) in [6, 6.07) is 12.1. The molecule has 6 nitrogen and oxygen atoms in total. The Bertz CT molecular complexity index is 791. The number of carbonyl (C=O) groups is 1. The fourth-order valence-electron chi connectivity index (χ4n) is 3.21. The Morgan fingerprint density at radius 1 is 1.21 bits per heavy atom. The van der Waals surface area contributed by atoms with Crippen LogP contribution < -0.4 is 10.6 Å². The van der Waals surface area contributed by atoms with Gasteiger partial charge in [-0.25, -0.2) is 0 Å². The van der Waals surface area contributed by atoms with Crippen LogP contribution in [0.15, 0.2) is 46.8 Å². The van der Waals surface area contributed by atoms with Crippen LogP contribution >= 0.6 is 35.3 Å². The average molecular weight is 528 g/mol. The second kappa shape index (κ2) is 12.1. The standard InChI is InChI=1S/C21H28N4O2S.HI/c1-16-8-13-28-19(16)15-24-21(22-2)23-14-18(17-6-4-3-5-7-17)20(26)25-9-11-27-12-10-25;/h3-8,13,18H,9-12,14-15H2,1-2H3,(H2,22,23,24);1H. The number of aryl methyl sites for hydroxylation is 1. The molecule has 2 heterocycles. The molecule has 0 spiro atoms. The molecule has 1 aromatic carbocycles. The summed E-state index contributed by atoms with van der Waals surface area (Å²) in [6.07, 6.45) is 0. The van der Waals surface area contributed by atoms with Gasteiger partial charge < -0.3 is 20.3 Å². The number of amides is 1. The van der Waals surface area contributed by atoms with E-state index < -0.39 is 0 Å². The second-order valence-electron chi connectivity index (χ2n) is 6.73. The first-order valence-electron chi connectivity index (χ1n) is 9.58.